The quantitative estimate of drug-likeness (QED) is 0.717. The van der Waals surface area contributed by atoms with Gasteiger partial charge in [0.05, 0.1) is 12.6 Å². The van der Waals surface area contributed by atoms with Crippen molar-refractivity contribution in [1.29, 1.82) is 0 Å². The first-order valence-electron chi connectivity index (χ1n) is 5.83. The van der Waals surface area contributed by atoms with Crippen LogP contribution >= 0.6 is 0 Å². The van der Waals surface area contributed by atoms with Crippen LogP contribution in [0.3, 0.4) is 0 Å². The monoisotopic (exact) mass is 217 g/mol. The third kappa shape index (κ3) is 1.52. The zero-order valence-electron chi connectivity index (χ0n) is 9.13. The van der Waals surface area contributed by atoms with E-state index in [1.807, 2.05) is 23.1 Å². The lowest BCUT2D eigenvalue weighted by atomic mass is 9.98. The van der Waals surface area contributed by atoms with Crippen LogP contribution in [0, 0.1) is 0 Å². The molecule has 0 aliphatic carbocycles. The Hall–Kier alpha value is -1.35. The Balaban J connectivity index is 1.89. The van der Waals surface area contributed by atoms with E-state index in [0.717, 1.165) is 19.4 Å². The molecule has 3 heteroatoms. The first-order chi connectivity index (χ1) is 7.86. The molecule has 1 amide bonds. The summed E-state index contributed by atoms with van der Waals surface area (Å²) in [5.41, 5.74) is 1.18. The Labute approximate surface area is 95.0 Å². The van der Waals surface area contributed by atoms with Crippen LogP contribution in [-0.2, 0) is 9.53 Å². The molecular formula is C13H15NO2. The summed E-state index contributed by atoms with van der Waals surface area (Å²) in [6.07, 6.45) is 1.77. The van der Waals surface area contributed by atoms with Crippen molar-refractivity contribution in [3.8, 4) is 0 Å². The number of fused-ring (bicyclic) bond motifs is 2. The largest absolute Gasteiger partial charge is 0.366 e. The van der Waals surface area contributed by atoms with Crippen LogP contribution in [0.2, 0.25) is 0 Å². The Morgan fingerprint density at radius 3 is 2.88 bits per heavy atom. The minimum absolute atomic E-state index is 0.116. The van der Waals surface area contributed by atoms with E-state index in [1.54, 1.807) is 0 Å². The first kappa shape index (κ1) is 9.85. The molecule has 0 saturated carbocycles. The number of amides is 1. The number of hydrogen-bond donors (Lipinski definition) is 0. The van der Waals surface area contributed by atoms with Gasteiger partial charge in [-0.15, -0.1) is 0 Å². The normalized spacial score (nSPS) is 29.2. The maximum atomic E-state index is 12.0. The molecule has 0 unspecified atom stereocenters. The van der Waals surface area contributed by atoms with Crippen molar-refractivity contribution in [3.05, 3.63) is 35.9 Å². The van der Waals surface area contributed by atoms with Crippen molar-refractivity contribution in [1.82, 2.24) is 4.90 Å². The van der Waals surface area contributed by atoms with Crippen LogP contribution in [0.1, 0.15) is 24.4 Å². The van der Waals surface area contributed by atoms with Crippen molar-refractivity contribution >= 4 is 5.91 Å². The van der Waals surface area contributed by atoms with E-state index in [4.69, 9.17) is 4.74 Å². The Kier molecular flexibility index (Phi) is 2.40. The van der Waals surface area contributed by atoms with Crippen LogP contribution in [0.25, 0.3) is 0 Å². The molecule has 0 spiro atoms. The Bertz CT molecular complexity index is 390. The van der Waals surface area contributed by atoms with Gasteiger partial charge < -0.3 is 9.64 Å². The lowest BCUT2D eigenvalue weighted by Gasteiger charge is -2.43. The van der Waals surface area contributed by atoms with Crippen molar-refractivity contribution in [2.45, 2.75) is 25.0 Å². The predicted octanol–water partition coefficient (Wildman–Crippen LogP) is 1.75. The number of ether oxygens (including phenoxy) is 1. The number of morpholine rings is 1. The third-order valence-corrected chi connectivity index (χ3v) is 3.44. The van der Waals surface area contributed by atoms with Crippen LogP contribution < -0.4 is 0 Å². The fourth-order valence-corrected chi connectivity index (χ4v) is 2.58. The molecule has 0 radical (unpaired) electrons. The zero-order chi connectivity index (χ0) is 11.0. The lowest BCUT2D eigenvalue weighted by molar-refractivity contribution is -0.166. The highest BCUT2D eigenvalue weighted by Gasteiger charge is 2.39. The van der Waals surface area contributed by atoms with Gasteiger partial charge in [0.15, 0.2) is 0 Å². The molecule has 3 nitrogen and oxygen atoms in total. The van der Waals surface area contributed by atoms with E-state index in [1.165, 1.54) is 5.56 Å². The Morgan fingerprint density at radius 2 is 2.06 bits per heavy atom. The fourth-order valence-electron chi connectivity index (χ4n) is 2.58. The summed E-state index contributed by atoms with van der Waals surface area (Å²) in [6.45, 7) is 1.51. The molecule has 2 heterocycles. The van der Waals surface area contributed by atoms with E-state index in [9.17, 15) is 4.79 Å². The van der Waals surface area contributed by atoms with Gasteiger partial charge in [0.2, 0.25) is 0 Å². The van der Waals surface area contributed by atoms with Gasteiger partial charge in [-0.2, -0.15) is 0 Å². The molecule has 2 atom stereocenters. The van der Waals surface area contributed by atoms with Crippen LogP contribution in [0.15, 0.2) is 30.3 Å². The van der Waals surface area contributed by atoms with E-state index >= 15 is 0 Å². The Morgan fingerprint density at radius 1 is 1.25 bits per heavy atom. The van der Waals surface area contributed by atoms with Crippen LogP contribution in [0.5, 0.6) is 0 Å². The molecule has 2 aliphatic heterocycles. The standard InChI is InChI=1S/C13H15NO2/c15-13-12-7-4-8-14(13)11(9-16-12)10-5-2-1-3-6-10/h1-3,5-6,11-12H,4,7-9H2/t11-,12+/m0/s1. The molecule has 2 bridgehead atoms. The summed E-state index contributed by atoms with van der Waals surface area (Å²) in [4.78, 5) is 14.0. The second kappa shape index (κ2) is 3.91. The maximum absolute atomic E-state index is 12.0. The summed E-state index contributed by atoms with van der Waals surface area (Å²) in [5.74, 6) is 0.173. The molecule has 2 saturated heterocycles. The average molecular weight is 217 g/mol. The van der Waals surface area contributed by atoms with Crippen molar-refractivity contribution in [2.24, 2.45) is 0 Å². The van der Waals surface area contributed by atoms with Crippen LogP contribution in [0.4, 0.5) is 0 Å². The van der Waals surface area contributed by atoms with E-state index < -0.39 is 0 Å². The summed E-state index contributed by atoms with van der Waals surface area (Å²) >= 11 is 0. The zero-order valence-corrected chi connectivity index (χ0v) is 9.13. The molecule has 0 aromatic heterocycles. The maximum Gasteiger partial charge on any atom is 0.252 e. The average Bonchev–Trinajstić information content (AvgIpc) is 2.30. The highest BCUT2D eigenvalue weighted by atomic mass is 16.5. The van der Waals surface area contributed by atoms with E-state index in [2.05, 4.69) is 12.1 Å². The number of rotatable bonds is 1. The first-order valence-corrected chi connectivity index (χ1v) is 5.83. The van der Waals surface area contributed by atoms with Gasteiger partial charge in [-0.1, -0.05) is 30.3 Å². The minimum Gasteiger partial charge on any atom is -0.366 e. The van der Waals surface area contributed by atoms with Crippen molar-refractivity contribution in [2.75, 3.05) is 13.2 Å². The number of piperidine rings is 1. The molecular weight excluding hydrogens is 202 g/mol. The third-order valence-electron chi connectivity index (χ3n) is 3.44. The topological polar surface area (TPSA) is 29.5 Å². The molecule has 1 aromatic rings. The van der Waals surface area contributed by atoms with Crippen LogP contribution in [-0.4, -0.2) is 30.1 Å². The van der Waals surface area contributed by atoms with Gasteiger partial charge in [0.25, 0.3) is 5.91 Å². The van der Waals surface area contributed by atoms with E-state index in [-0.39, 0.29) is 18.1 Å². The van der Waals surface area contributed by atoms with Gasteiger partial charge in [-0.05, 0) is 18.4 Å². The van der Waals surface area contributed by atoms with Gasteiger partial charge >= 0.3 is 0 Å². The van der Waals surface area contributed by atoms with Gasteiger partial charge in [0.1, 0.15) is 6.10 Å². The highest BCUT2D eigenvalue weighted by molar-refractivity contribution is 5.82. The van der Waals surface area contributed by atoms with Crippen molar-refractivity contribution < 1.29 is 9.53 Å². The summed E-state index contributed by atoms with van der Waals surface area (Å²) in [7, 11) is 0. The molecule has 16 heavy (non-hydrogen) atoms. The molecule has 2 fully saturated rings. The fraction of sp³-hybridized carbons (Fsp3) is 0.462. The highest BCUT2D eigenvalue weighted by Crippen LogP contribution is 2.31. The number of carbonyl (C=O) groups excluding carboxylic acids is 1. The second-order valence-electron chi connectivity index (χ2n) is 4.42. The minimum atomic E-state index is -0.172. The summed E-state index contributed by atoms with van der Waals surface area (Å²) in [5, 5.41) is 0. The predicted molar refractivity (Wildman–Crippen MR) is 59.9 cm³/mol. The molecule has 3 rings (SSSR count). The number of carbonyl (C=O) groups is 1. The summed E-state index contributed by atoms with van der Waals surface area (Å²) < 4.78 is 5.64. The van der Waals surface area contributed by atoms with Gasteiger partial charge in [-0.25, -0.2) is 0 Å². The second-order valence-corrected chi connectivity index (χ2v) is 4.42. The molecule has 2 aliphatic rings. The molecule has 84 valence electrons. The molecule has 0 N–H and O–H groups in total. The smallest absolute Gasteiger partial charge is 0.252 e. The lowest BCUT2D eigenvalue weighted by Crippen LogP contribution is -2.52. The van der Waals surface area contributed by atoms with Crippen molar-refractivity contribution in [3.63, 3.8) is 0 Å². The number of hydrogen-bond acceptors (Lipinski definition) is 2. The summed E-state index contributed by atoms with van der Waals surface area (Å²) in [6, 6.07) is 10.3. The van der Waals surface area contributed by atoms with Gasteiger partial charge in [-0.3, -0.25) is 4.79 Å². The number of benzene rings is 1. The SMILES string of the molecule is O=C1[C@H]2CCCN1[C@H](c1ccccc1)CO2. The number of nitrogens with zero attached hydrogens (tertiary/aromatic N) is 1. The van der Waals surface area contributed by atoms with E-state index in [0.29, 0.717) is 6.61 Å². The van der Waals surface area contributed by atoms with Gasteiger partial charge in [0, 0.05) is 6.54 Å². The molecule has 1 aromatic carbocycles.